The van der Waals surface area contributed by atoms with E-state index in [-0.39, 0.29) is 4.70 Å². The fourth-order valence-electron chi connectivity index (χ4n) is 0.655. The standard InChI is InChI=1S/C5H11NO.FH/c1-6-2-4-7-5-3-6;/h2-5H2,1H3;1H. The predicted octanol–water partition coefficient (Wildman–Crippen LogP) is 0.101. The van der Waals surface area contributed by atoms with Gasteiger partial charge in [0.2, 0.25) is 0 Å². The number of hydrogen-bond acceptors (Lipinski definition) is 2. The molecule has 50 valence electrons. The van der Waals surface area contributed by atoms with Gasteiger partial charge in [0.05, 0.1) is 13.2 Å². The molecule has 0 radical (unpaired) electrons. The Morgan fingerprint density at radius 2 is 1.75 bits per heavy atom. The molecule has 1 rings (SSSR count). The van der Waals surface area contributed by atoms with Gasteiger partial charge >= 0.3 is 0 Å². The highest BCUT2D eigenvalue weighted by molar-refractivity contribution is 4.53. The molecule has 1 fully saturated rings. The number of likely N-dealkylation sites (N-methyl/N-ethyl adjacent to an activating group) is 1. The van der Waals surface area contributed by atoms with Crippen molar-refractivity contribution in [2.24, 2.45) is 0 Å². The maximum absolute atomic E-state index is 5.10. The van der Waals surface area contributed by atoms with Gasteiger partial charge in [-0.25, -0.2) is 0 Å². The summed E-state index contributed by atoms with van der Waals surface area (Å²) in [5.41, 5.74) is 0. The van der Waals surface area contributed by atoms with E-state index in [1.165, 1.54) is 0 Å². The zero-order valence-corrected chi connectivity index (χ0v) is 5.09. The molecule has 0 amide bonds. The van der Waals surface area contributed by atoms with Crippen molar-refractivity contribution in [1.82, 2.24) is 4.90 Å². The van der Waals surface area contributed by atoms with Gasteiger partial charge in [-0.05, 0) is 7.05 Å². The molecular formula is C5H12FNO. The second kappa shape index (κ2) is 3.80. The van der Waals surface area contributed by atoms with Crippen molar-refractivity contribution in [3.8, 4) is 0 Å². The smallest absolute Gasteiger partial charge is 0.0594 e. The monoisotopic (exact) mass is 121 g/mol. The summed E-state index contributed by atoms with van der Waals surface area (Å²) in [5.74, 6) is 0. The van der Waals surface area contributed by atoms with Crippen LogP contribution in [0, 0.1) is 0 Å². The van der Waals surface area contributed by atoms with E-state index < -0.39 is 0 Å². The molecule has 0 aromatic heterocycles. The highest BCUT2D eigenvalue weighted by Gasteiger charge is 2.02. The number of hydrogen-bond donors (Lipinski definition) is 0. The predicted molar refractivity (Wildman–Crippen MR) is 30.8 cm³/mol. The van der Waals surface area contributed by atoms with Crippen LogP contribution in [-0.2, 0) is 4.74 Å². The van der Waals surface area contributed by atoms with E-state index in [9.17, 15) is 0 Å². The fraction of sp³-hybridized carbons (Fsp3) is 1.00. The van der Waals surface area contributed by atoms with Gasteiger partial charge in [0.1, 0.15) is 0 Å². The third-order valence-electron chi connectivity index (χ3n) is 1.23. The van der Waals surface area contributed by atoms with Crippen LogP contribution in [0.5, 0.6) is 0 Å². The average molecular weight is 121 g/mol. The number of ether oxygens (including phenoxy) is 1. The molecule has 0 unspecified atom stereocenters. The Hall–Kier alpha value is -0.150. The van der Waals surface area contributed by atoms with Gasteiger partial charge in [-0.15, -0.1) is 0 Å². The second-order valence-electron chi connectivity index (χ2n) is 1.92. The molecule has 3 heteroatoms. The van der Waals surface area contributed by atoms with E-state index in [0.29, 0.717) is 0 Å². The van der Waals surface area contributed by atoms with Crippen molar-refractivity contribution in [3.63, 3.8) is 0 Å². The summed E-state index contributed by atoms with van der Waals surface area (Å²) in [6, 6.07) is 0. The van der Waals surface area contributed by atoms with Crippen LogP contribution in [0.2, 0.25) is 0 Å². The lowest BCUT2D eigenvalue weighted by molar-refractivity contribution is 0.0503. The van der Waals surface area contributed by atoms with Crippen molar-refractivity contribution in [2.75, 3.05) is 33.4 Å². The first-order valence-electron chi connectivity index (χ1n) is 2.66. The molecule has 0 N–H and O–H groups in total. The van der Waals surface area contributed by atoms with Crippen LogP contribution in [-0.4, -0.2) is 38.3 Å². The van der Waals surface area contributed by atoms with Crippen molar-refractivity contribution >= 4 is 0 Å². The zero-order chi connectivity index (χ0) is 5.11. The zero-order valence-electron chi connectivity index (χ0n) is 5.09. The van der Waals surface area contributed by atoms with Gasteiger partial charge in [-0.3, -0.25) is 4.70 Å². The normalized spacial score (nSPS) is 22.1. The summed E-state index contributed by atoms with van der Waals surface area (Å²) in [4.78, 5) is 2.27. The molecule has 8 heavy (non-hydrogen) atoms. The van der Waals surface area contributed by atoms with E-state index in [1.807, 2.05) is 0 Å². The van der Waals surface area contributed by atoms with Gasteiger partial charge in [0.15, 0.2) is 0 Å². The molecule has 0 aromatic rings. The quantitative estimate of drug-likeness (QED) is 0.450. The summed E-state index contributed by atoms with van der Waals surface area (Å²) >= 11 is 0. The Labute approximate surface area is 48.8 Å². The van der Waals surface area contributed by atoms with Gasteiger partial charge in [0.25, 0.3) is 0 Å². The van der Waals surface area contributed by atoms with Crippen LogP contribution in [0.3, 0.4) is 0 Å². The van der Waals surface area contributed by atoms with Crippen molar-refractivity contribution in [2.45, 2.75) is 0 Å². The molecule has 1 heterocycles. The number of halogens is 1. The minimum Gasteiger partial charge on any atom is -0.379 e. The van der Waals surface area contributed by atoms with Crippen molar-refractivity contribution in [3.05, 3.63) is 0 Å². The Kier molecular flexibility index (Phi) is 3.73. The molecule has 0 aliphatic carbocycles. The van der Waals surface area contributed by atoms with Gasteiger partial charge in [0, 0.05) is 13.1 Å². The maximum atomic E-state index is 5.10. The molecule has 1 saturated heterocycles. The summed E-state index contributed by atoms with van der Waals surface area (Å²) < 4.78 is 5.10. The van der Waals surface area contributed by atoms with Gasteiger partial charge < -0.3 is 9.64 Å². The average Bonchev–Trinajstić information content (AvgIpc) is 1.69. The van der Waals surface area contributed by atoms with Crippen LogP contribution in [0.15, 0.2) is 0 Å². The first-order valence-corrected chi connectivity index (χ1v) is 2.66. The molecule has 2 nitrogen and oxygen atoms in total. The number of morpholine rings is 1. The minimum absolute atomic E-state index is 0. The van der Waals surface area contributed by atoms with E-state index in [1.54, 1.807) is 0 Å². The highest BCUT2D eigenvalue weighted by Crippen LogP contribution is 1.89. The van der Waals surface area contributed by atoms with Crippen LogP contribution in [0.1, 0.15) is 0 Å². The molecule has 1 aliphatic heterocycles. The van der Waals surface area contributed by atoms with E-state index in [2.05, 4.69) is 11.9 Å². The maximum Gasteiger partial charge on any atom is 0.0594 e. The third kappa shape index (κ3) is 2.23. The van der Waals surface area contributed by atoms with Crippen molar-refractivity contribution in [1.29, 1.82) is 0 Å². The topological polar surface area (TPSA) is 12.5 Å². The Morgan fingerprint density at radius 3 is 2.00 bits per heavy atom. The summed E-state index contributed by atoms with van der Waals surface area (Å²) in [6.45, 7) is 4.02. The summed E-state index contributed by atoms with van der Waals surface area (Å²) in [6.07, 6.45) is 0. The van der Waals surface area contributed by atoms with Gasteiger partial charge in [-0.2, -0.15) is 0 Å². The van der Waals surface area contributed by atoms with Gasteiger partial charge in [-0.1, -0.05) is 0 Å². The second-order valence-corrected chi connectivity index (χ2v) is 1.92. The Bertz CT molecular complexity index is 54.4. The molecule has 0 saturated carbocycles. The van der Waals surface area contributed by atoms with Crippen LogP contribution < -0.4 is 0 Å². The first-order chi connectivity index (χ1) is 3.39. The molecular weight excluding hydrogens is 109 g/mol. The molecule has 0 bridgehead atoms. The lowest BCUT2D eigenvalue weighted by Gasteiger charge is -2.21. The summed E-state index contributed by atoms with van der Waals surface area (Å²) in [5, 5.41) is 0. The highest BCUT2D eigenvalue weighted by atomic mass is 19.0. The molecule has 0 spiro atoms. The third-order valence-corrected chi connectivity index (χ3v) is 1.23. The van der Waals surface area contributed by atoms with E-state index >= 15 is 0 Å². The molecule has 1 aliphatic rings. The minimum atomic E-state index is 0. The van der Waals surface area contributed by atoms with Crippen LogP contribution >= 0.6 is 0 Å². The first kappa shape index (κ1) is 7.85. The van der Waals surface area contributed by atoms with E-state index in [4.69, 9.17) is 4.74 Å². The van der Waals surface area contributed by atoms with E-state index in [0.717, 1.165) is 26.3 Å². The number of rotatable bonds is 0. The van der Waals surface area contributed by atoms with Crippen molar-refractivity contribution < 1.29 is 9.44 Å². The van der Waals surface area contributed by atoms with Crippen LogP contribution in [0.4, 0.5) is 4.70 Å². The Morgan fingerprint density at radius 1 is 1.25 bits per heavy atom. The Balaban J connectivity index is 0.000000490. The molecule has 0 aromatic carbocycles. The summed E-state index contributed by atoms with van der Waals surface area (Å²) in [7, 11) is 2.11. The largest absolute Gasteiger partial charge is 0.379 e. The number of nitrogens with zero attached hydrogens (tertiary/aromatic N) is 1. The van der Waals surface area contributed by atoms with Crippen LogP contribution in [0.25, 0.3) is 0 Å². The molecule has 0 atom stereocenters. The SMILES string of the molecule is CN1CCOCC1.F. The lowest BCUT2D eigenvalue weighted by atomic mass is 10.5. The fourth-order valence-corrected chi connectivity index (χ4v) is 0.655. The lowest BCUT2D eigenvalue weighted by Crippen LogP contribution is -2.32.